The highest BCUT2D eigenvalue weighted by molar-refractivity contribution is 7.71. The van der Waals surface area contributed by atoms with Crippen molar-refractivity contribution < 1.29 is 0 Å². The maximum Gasteiger partial charge on any atom is 0.179 e. The molecule has 0 radical (unpaired) electrons. The Labute approximate surface area is 115 Å². The molecule has 2 heterocycles. The Bertz CT molecular complexity index is 668. The van der Waals surface area contributed by atoms with Gasteiger partial charge in [-0.25, -0.2) is 4.98 Å². The van der Waals surface area contributed by atoms with Crippen molar-refractivity contribution in [2.75, 3.05) is 0 Å². The highest BCUT2D eigenvalue weighted by atomic mass is 35.5. The molecule has 1 N–H and O–H groups in total. The van der Waals surface area contributed by atoms with E-state index in [1.807, 2.05) is 6.07 Å². The largest absolute Gasteiger partial charge is 0.329 e. The van der Waals surface area contributed by atoms with Crippen molar-refractivity contribution in [2.45, 2.75) is 32.2 Å². The molecule has 0 atom stereocenters. The van der Waals surface area contributed by atoms with E-state index in [1.165, 1.54) is 19.3 Å². The lowest BCUT2D eigenvalue weighted by Gasteiger charge is -2.04. The molecular formula is C13H14ClN3S. The SMILES string of the molecule is S=c1[nH]c2cc(Cl)cnc2n1CCC1=CCCC1. The number of halogens is 1. The molecule has 0 spiro atoms. The number of imidazole rings is 1. The summed E-state index contributed by atoms with van der Waals surface area (Å²) in [5.41, 5.74) is 3.34. The lowest BCUT2D eigenvalue weighted by atomic mass is 10.2. The predicted molar refractivity (Wildman–Crippen MR) is 76.5 cm³/mol. The fraction of sp³-hybridized carbons (Fsp3) is 0.385. The van der Waals surface area contributed by atoms with Crippen molar-refractivity contribution >= 4 is 35.0 Å². The number of nitrogens with zero attached hydrogens (tertiary/aromatic N) is 2. The molecule has 0 saturated carbocycles. The molecule has 3 rings (SSSR count). The maximum atomic E-state index is 5.93. The normalized spacial score (nSPS) is 15.3. The fourth-order valence-electron chi connectivity index (χ4n) is 2.45. The summed E-state index contributed by atoms with van der Waals surface area (Å²) in [6.45, 7) is 0.888. The topological polar surface area (TPSA) is 33.6 Å². The van der Waals surface area contributed by atoms with E-state index in [0.717, 1.165) is 28.9 Å². The molecule has 0 amide bonds. The van der Waals surface area contributed by atoms with Gasteiger partial charge in [-0.3, -0.25) is 0 Å². The first-order chi connectivity index (χ1) is 8.74. The molecule has 0 fully saturated rings. The van der Waals surface area contributed by atoms with Crippen molar-refractivity contribution in [3.05, 3.63) is 33.7 Å². The van der Waals surface area contributed by atoms with Gasteiger partial charge in [0.15, 0.2) is 10.4 Å². The molecular weight excluding hydrogens is 266 g/mol. The molecule has 94 valence electrons. The van der Waals surface area contributed by atoms with Crippen molar-refractivity contribution in [3.63, 3.8) is 0 Å². The van der Waals surface area contributed by atoms with Gasteiger partial charge in [-0.2, -0.15) is 0 Å². The summed E-state index contributed by atoms with van der Waals surface area (Å²) >= 11 is 11.3. The van der Waals surface area contributed by atoms with Gasteiger partial charge >= 0.3 is 0 Å². The Morgan fingerprint density at radius 2 is 2.39 bits per heavy atom. The Kier molecular flexibility index (Phi) is 3.22. The van der Waals surface area contributed by atoms with Crippen LogP contribution in [0.3, 0.4) is 0 Å². The number of rotatable bonds is 3. The van der Waals surface area contributed by atoms with E-state index in [1.54, 1.807) is 11.8 Å². The van der Waals surface area contributed by atoms with Gasteiger partial charge in [0.2, 0.25) is 0 Å². The lowest BCUT2D eigenvalue weighted by Crippen LogP contribution is -2.00. The zero-order valence-electron chi connectivity index (χ0n) is 9.95. The second-order valence-electron chi connectivity index (χ2n) is 4.61. The zero-order valence-corrected chi connectivity index (χ0v) is 11.5. The average Bonchev–Trinajstić information content (AvgIpc) is 2.93. The number of hydrogen-bond acceptors (Lipinski definition) is 2. The van der Waals surface area contributed by atoms with Crippen LogP contribution in [-0.4, -0.2) is 14.5 Å². The predicted octanol–water partition coefficient (Wildman–Crippen LogP) is 4.25. The first kappa shape index (κ1) is 11.9. The molecule has 0 saturated heterocycles. The summed E-state index contributed by atoms with van der Waals surface area (Å²) in [5.74, 6) is 0. The molecule has 0 aliphatic heterocycles. The molecule has 0 unspecified atom stereocenters. The van der Waals surface area contributed by atoms with Crippen LogP contribution in [0.2, 0.25) is 5.02 Å². The number of hydrogen-bond donors (Lipinski definition) is 1. The van der Waals surface area contributed by atoms with Crippen molar-refractivity contribution in [2.24, 2.45) is 0 Å². The van der Waals surface area contributed by atoms with Gasteiger partial charge in [-0.15, -0.1) is 0 Å². The van der Waals surface area contributed by atoms with E-state index in [9.17, 15) is 0 Å². The van der Waals surface area contributed by atoms with Crippen LogP contribution >= 0.6 is 23.8 Å². The van der Waals surface area contributed by atoms with Gasteiger partial charge in [0, 0.05) is 12.7 Å². The number of aromatic amines is 1. The molecule has 1 aliphatic carbocycles. The number of H-pyrrole nitrogens is 1. The third kappa shape index (κ3) is 2.22. The quantitative estimate of drug-likeness (QED) is 0.673. The Morgan fingerprint density at radius 3 is 3.17 bits per heavy atom. The van der Waals surface area contributed by atoms with Crippen LogP contribution in [0.5, 0.6) is 0 Å². The molecule has 1 aliphatic rings. The van der Waals surface area contributed by atoms with Crippen LogP contribution in [0.1, 0.15) is 25.7 Å². The summed E-state index contributed by atoms with van der Waals surface area (Å²) in [7, 11) is 0. The minimum atomic E-state index is 0.629. The van der Waals surface area contributed by atoms with E-state index >= 15 is 0 Å². The van der Waals surface area contributed by atoms with Gasteiger partial charge in [0.25, 0.3) is 0 Å². The summed E-state index contributed by atoms with van der Waals surface area (Å²) < 4.78 is 2.78. The highest BCUT2D eigenvalue weighted by Gasteiger charge is 2.09. The van der Waals surface area contributed by atoms with Gasteiger partial charge in [0.05, 0.1) is 10.5 Å². The summed E-state index contributed by atoms with van der Waals surface area (Å²) in [4.78, 5) is 7.52. The third-order valence-corrected chi connectivity index (χ3v) is 3.90. The van der Waals surface area contributed by atoms with Crippen LogP contribution in [-0.2, 0) is 6.54 Å². The first-order valence-corrected chi connectivity index (χ1v) is 6.94. The van der Waals surface area contributed by atoms with Gasteiger partial charge < -0.3 is 9.55 Å². The van der Waals surface area contributed by atoms with Crippen LogP contribution < -0.4 is 0 Å². The Balaban J connectivity index is 1.91. The maximum absolute atomic E-state index is 5.93. The lowest BCUT2D eigenvalue weighted by molar-refractivity contribution is 0.683. The van der Waals surface area contributed by atoms with Crippen LogP contribution in [0, 0.1) is 4.77 Å². The molecule has 2 aromatic heterocycles. The second-order valence-corrected chi connectivity index (χ2v) is 5.43. The monoisotopic (exact) mass is 279 g/mol. The summed E-state index contributed by atoms with van der Waals surface area (Å²) in [6, 6.07) is 1.87. The first-order valence-electron chi connectivity index (χ1n) is 6.16. The molecule has 3 nitrogen and oxygen atoms in total. The number of aryl methyl sites for hydroxylation is 1. The highest BCUT2D eigenvalue weighted by Crippen LogP contribution is 2.22. The number of pyridine rings is 1. The van der Waals surface area contributed by atoms with Gasteiger partial charge in [-0.05, 0) is 44.0 Å². The molecule has 18 heavy (non-hydrogen) atoms. The van der Waals surface area contributed by atoms with E-state index in [2.05, 4.69) is 20.6 Å². The molecule has 0 aromatic carbocycles. The number of aromatic nitrogens is 3. The van der Waals surface area contributed by atoms with Crippen LogP contribution in [0.4, 0.5) is 0 Å². The number of nitrogens with one attached hydrogen (secondary N) is 1. The average molecular weight is 280 g/mol. The number of fused-ring (bicyclic) bond motifs is 1. The minimum absolute atomic E-state index is 0.629. The van der Waals surface area contributed by atoms with Gasteiger partial charge in [0.1, 0.15) is 0 Å². The fourth-order valence-corrected chi connectivity index (χ4v) is 2.89. The zero-order chi connectivity index (χ0) is 12.5. The van der Waals surface area contributed by atoms with E-state index in [4.69, 9.17) is 23.8 Å². The summed E-state index contributed by atoms with van der Waals surface area (Å²) in [5, 5.41) is 0.629. The van der Waals surface area contributed by atoms with Crippen molar-refractivity contribution in [3.8, 4) is 0 Å². The molecule has 2 aromatic rings. The Morgan fingerprint density at radius 1 is 1.50 bits per heavy atom. The third-order valence-electron chi connectivity index (χ3n) is 3.37. The minimum Gasteiger partial charge on any atom is -0.329 e. The van der Waals surface area contributed by atoms with Crippen LogP contribution in [0.25, 0.3) is 11.2 Å². The van der Waals surface area contributed by atoms with Crippen molar-refractivity contribution in [1.82, 2.24) is 14.5 Å². The van der Waals surface area contributed by atoms with Crippen molar-refractivity contribution in [1.29, 1.82) is 0 Å². The second kappa shape index (κ2) is 4.86. The number of allylic oxidation sites excluding steroid dienone is 2. The van der Waals surface area contributed by atoms with E-state index in [0.29, 0.717) is 5.02 Å². The molecule has 0 bridgehead atoms. The standard InChI is InChI=1S/C13H14ClN3S/c14-10-7-11-12(15-8-10)17(13(18)16-11)6-5-9-3-1-2-4-9/h3,7-8H,1-2,4-6H2,(H,16,18). The van der Waals surface area contributed by atoms with E-state index in [-0.39, 0.29) is 0 Å². The Hall–Kier alpha value is -1.13. The van der Waals surface area contributed by atoms with Crippen LogP contribution in [0.15, 0.2) is 23.9 Å². The summed E-state index contributed by atoms with van der Waals surface area (Å²) in [6.07, 6.45) is 8.83. The van der Waals surface area contributed by atoms with Gasteiger partial charge in [-0.1, -0.05) is 23.3 Å². The molecule has 5 heteroatoms. The smallest absolute Gasteiger partial charge is 0.179 e. The van der Waals surface area contributed by atoms with E-state index < -0.39 is 0 Å².